The van der Waals surface area contributed by atoms with E-state index in [2.05, 4.69) is 16.3 Å². The lowest BCUT2D eigenvalue weighted by atomic mass is 10.1. The van der Waals surface area contributed by atoms with Gasteiger partial charge < -0.3 is 4.74 Å². The van der Waals surface area contributed by atoms with Crippen LogP contribution >= 0.6 is 0 Å². The fourth-order valence-corrected chi connectivity index (χ4v) is 2.01. The van der Waals surface area contributed by atoms with Crippen molar-refractivity contribution in [3.05, 3.63) is 71.8 Å². The van der Waals surface area contributed by atoms with E-state index >= 15 is 0 Å². The van der Waals surface area contributed by atoms with Crippen molar-refractivity contribution >= 4 is 11.9 Å². The molecular formula is C18H15F4NO. The topological polar surface area (TPSA) is 21.6 Å². The fourth-order valence-electron chi connectivity index (χ4n) is 2.01. The standard InChI is InChI=1S/C18H15F4NO/c1-2-3-4-12-5-7-13(8-6-12)11-23-14-9-15(19)17(16(20)10-14)24-18(21)22/h2,5-11,18H,1,3-4H2. The Labute approximate surface area is 137 Å². The summed E-state index contributed by atoms with van der Waals surface area (Å²) >= 11 is 0. The number of rotatable bonds is 7. The molecule has 0 N–H and O–H groups in total. The summed E-state index contributed by atoms with van der Waals surface area (Å²) in [4.78, 5) is 3.95. The molecule has 24 heavy (non-hydrogen) atoms. The Morgan fingerprint density at radius 3 is 2.25 bits per heavy atom. The van der Waals surface area contributed by atoms with E-state index in [1.165, 1.54) is 6.21 Å². The third kappa shape index (κ3) is 4.94. The summed E-state index contributed by atoms with van der Waals surface area (Å²) in [5.41, 5.74) is 1.84. The van der Waals surface area contributed by atoms with Gasteiger partial charge in [0, 0.05) is 18.3 Å². The molecule has 0 bridgehead atoms. The van der Waals surface area contributed by atoms with Crippen LogP contribution in [0.5, 0.6) is 5.75 Å². The van der Waals surface area contributed by atoms with Gasteiger partial charge in [-0.3, -0.25) is 4.99 Å². The molecule has 2 rings (SSSR count). The molecule has 0 atom stereocenters. The summed E-state index contributed by atoms with van der Waals surface area (Å²) < 4.78 is 55.1. The predicted octanol–water partition coefficient (Wildman–Crippen LogP) is 5.44. The van der Waals surface area contributed by atoms with Crippen LogP contribution in [-0.2, 0) is 6.42 Å². The van der Waals surface area contributed by atoms with Gasteiger partial charge in [0.2, 0.25) is 0 Å². The number of ether oxygens (including phenoxy) is 1. The molecule has 0 saturated heterocycles. The van der Waals surface area contributed by atoms with E-state index in [-0.39, 0.29) is 5.69 Å². The molecule has 0 spiro atoms. The largest absolute Gasteiger partial charge is 0.429 e. The smallest absolute Gasteiger partial charge is 0.387 e. The molecule has 0 fully saturated rings. The van der Waals surface area contributed by atoms with Crippen molar-refractivity contribution in [2.24, 2.45) is 4.99 Å². The minimum Gasteiger partial charge on any atom is -0.429 e. The first kappa shape index (κ1) is 17.7. The van der Waals surface area contributed by atoms with Crippen LogP contribution in [0, 0.1) is 11.6 Å². The van der Waals surface area contributed by atoms with Gasteiger partial charge >= 0.3 is 6.61 Å². The highest BCUT2D eigenvalue weighted by atomic mass is 19.3. The zero-order valence-corrected chi connectivity index (χ0v) is 12.7. The summed E-state index contributed by atoms with van der Waals surface area (Å²) in [5, 5.41) is 0. The third-order valence-corrected chi connectivity index (χ3v) is 3.17. The second kappa shape index (κ2) is 8.29. The molecule has 2 aromatic rings. The summed E-state index contributed by atoms with van der Waals surface area (Å²) in [5.74, 6) is -3.58. The van der Waals surface area contributed by atoms with Gasteiger partial charge in [-0.05, 0) is 24.0 Å². The van der Waals surface area contributed by atoms with E-state index in [4.69, 9.17) is 0 Å². The first-order valence-corrected chi connectivity index (χ1v) is 7.17. The fraction of sp³-hybridized carbons (Fsp3) is 0.167. The van der Waals surface area contributed by atoms with Crippen LogP contribution in [0.1, 0.15) is 17.5 Å². The number of benzene rings is 2. The molecule has 2 nitrogen and oxygen atoms in total. The van der Waals surface area contributed by atoms with E-state index in [1.807, 2.05) is 30.3 Å². The van der Waals surface area contributed by atoms with Crippen molar-refractivity contribution in [1.29, 1.82) is 0 Å². The Bertz CT molecular complexity index is 703. The van der Waals surface area contributed by atoms with Crippen molar-refractivity contribution in [3.63, 3.8) is 0 Å². The third-order valence-electron chi connectivity index (χ3n) is 3.17. The minimum atomic E-state index is -3.30. The van der Waals surface area contributed by atoms with Crippen LogP contribution in [0.25, 0.3) is 0 Å². The summed E-state index contributed by atoms with van der Waals surface area (Å²) in [6.07, 6.45) is 5.01. The first-order valence-electron chi connectivity index (χ1n) is 7.17. The molecule has 0 heterocycles. The van der Waals surface area contributed by atoms with Crippen LogP contribution < -0.4 is 4.74 Å². The van der Waals surface area contributed by atoms with Gasteiger partial charge in [0.05, 0.1) is 5.69 Å². The Morgan fingerprint density at radius 2 is 1.71 bits per heavy atom. The van der Waals surface area contributed by atoms with Crippen molar-refractivity contribution in [2.75, 3.05) is 0 Å². The molecule has 0 amide bonds. The average Bonchev–Trinajstić information content (AvgIpc) is 2.55. The average molecular weight is 337 g/mol. The quantitative estimate of drug-likeness (QED) is 0.375. The number of hydrogen-bond donors (Lipinski definition) is 0. The number of alkyl halides is 2. The lowest BCUT2D eigenvalue weighted by Crippen LogP contribution is -2.05. The van der Waals surface area contributed by atoms with E-state index in [0.717, 1.165) is 36.1 Å². The van der Waals surface area contributed by atoms with Gasteiger partial charge in [-0.1, -0.05) is 30.3 Å². The highest BCUT2D eigenvalue weighted by Crippen LogP contribution is 2.28. The monoisotopic (exact) mass is 337 g/mol. The number of halogens is 4. The Hall–Kier alpha value is -2.63. The van der Waals surface area contributed by atoms with Crippen molar-refractivity contribution < 1.29 is 22.3 Å². The SMILES string of the molecule is C=CCCc1ccc(C=Nc2cc(F)c(OC(F)F)c(F)c2)cc1. The summed E-state index contributed by atoms with van der Waals surface area (Å²) in [6, 6.07) is 9.15. The molecule has 0 radical (unpaired) electrons. The zero-order chi connectivity index (χ0) is 17.5. The molecule has 126 valence electrons. The van der Waals surface area contributed by atoms with Crippen LogP contribution in [-0.4, -0.2) is 12.8 Å². The van der Waals surface area contributed by atoms with Crippen LogP contribution in [0.15, 0.2) is 54.0 Å². The maximum atomic E-state index is 13.6. The number of aryl methyl sites for hydroxylation is 1. The molecule has 0 unspecified atom stereocenters. The molecular weight excluding hydrogens is 322 g/mol. The van der Waals surface area contributed by atoms with Gasteiger partial charge in [0.1, 0.15) is 0 Å². The predicted molar refractivity (Wildman–Crippen MR) is 85.2 cm³/mol. The Morgan fingerprint density at radius 1 is 1.08 bits per heavy atom. The lowest BCUT2D eigenvalue weighted by Gasteiger charge is -2.07. The highest BCUT2D eigenvalue weighted by molar-refractivity contribution is 5.82. The van der Waals surface area contributed by atoms with Crippen LogP contribution in [0.4, 0.5) is 23.2 Å². The number of aliphatic imine (C=N–C) groups is 1. The van der Waals surface area contributed by atoms with Gasteiger partial charge in [-0.2, -0.15) is 8.78 Å². The molecule has 6 heteroatoms. The normalized spacial score (nSPS) is 11.2. The second-order valence-electron chi connectivity index (χ2n) is 4.94. The highest BCUT2D eigenvalue weighted by Gasteiger charge is 2.16. The molecule has 0 aromatic heterocycles. The van der Waals surface area contributed by atoms with Gasteiger partial charge in [-0.25, -0.2) is 8.78 Å². The first-order chi connectivity index (χ1) is 11.5. The Balaban J connectivity index is 2.12. The van der Waals surface area contributed by atoms with Crippen LogP contribution in [0.2, 0.25) is 0 Å². The number of hydrogen-bond acceptors (Lipinski definition) is 2. The number of nitrogens with zero attached hydrogens (tertiary/aromatic N) is 1. The summed E-state index contributed by atoms with van der Waals surface area (Å²) in [7, 11) is 0. The maximum Gasteiger partial charge on any atom is 0.387 e. The van der Waals surface area contributed by atoms with Gasteiger partial charge in [0.15, 0.2) is 17.4 Å². The van der Waals surface area contributed by atoms with Gasteiger partial charge in [0.25, 0.3) is 0 Å². The minimum absolute atomic E-state index is 0.0395. The molecule has 0 saturated carbocycles. The van der Waals surface area contributed by atoms with E-state index in [9.17, 15) is 17.6 Å². The lowest BCUT2D eigenvalue weighted by molar-refractivity contribution is -0.0546. The summed E-state index contributed by atoms with van der Waals surface area (Å²) in [6.45, 7) is 0.357. The second-order valence-corrected chi connectivity index (χ2v) is 4.94. The zero-order valence-electron chi connectivity index (χ0n) is 12.7. The molecule has 0 aliphatic carbocycles. The van der Waals surface area contributed by atoms with Gasteiger partial charge in [-0.15, -0.1) is 6.58 Å². The van der Waals surface area contributed by atoms with E-state index < -0.39 is 24.0 Å². The van der Waals surface area contributed by atoms with Crippen molar-refractivity contribution in [2.45, 2.75) is 19.5 Å². The van der Waals surface area contributed by atoms with Crippen molar-refractivity contribution in [1.82, 2.24) is 0 Å². The van der Waals surface area contributed by atoms with E-state index in [1.54, 1.807) is 0 Å². The van der Waals surface area contributed by atoms with Crippen LogP contribution in [0.3, 0.4) is 0 Å². The maximum absolute atomic E-state index is 13.6. The Kier molecular flexibility index (Phi) is 6.12. The molecule has 0 aliphatic rings. The number of allylic oxidation sites excluding steroid dienone is 1. The van der Waals surface area contributed by atoms with E-state index in [0.29, 0.717) is 0 Å². The molecule has 2 aromatic carbocycles. The molecule has 0 aliphatic heterocycles. The van der Waals surface area contributed by atoms with Crippen molar-refractivity contribution in [3.8, 4) is 5.75 Å².